The van der Waals surface area contributed by atoms with Crippen molar-refractivity contribution in [2.75, 3.05) is 13.1 Å². The van der Waals surface area contributed by atoms with Gasteiger partial charge >= 0.3 is 0 Å². The van der Waals surface area contributed by atoms with Crippen LogP contribution in [0.3, 0.4) is 0 Å². The number of unbranched alkanes of at least 4 members (excludes halogenated alkanes) is 1. The van der Waals surface area contributed by atoms with Crippen LogP contribution in [0.15, 0.2) is 132 Å². The Balaban J connectivity index is 1.30. The quantitative estimate of drug-likeness (QED) is 0.153. The standard InChI is InChI=1S/C42H42N2O2/c1-3-4-24-44(29-39-43-40-36-23-15-14-16-31(36)27-38(40)46-39)28-32-25-30(2)26-37(41(32)45)42(33-17-8-5-9-18-33,34-19-10-6-11-20-34)35-21-12-7-13-22-35/h5-23,25-26,38,40,45H,3-4,24,27-29H2,1-2H3/t38-,40+/m0/s1. The number of hydrogen-bond acceptors (Lipinski definition) is 4. The lowest BCUT2D eigenvalue weighted by Gasteiger charge is -2.38. The number of nitrogens with zero attached hydrogens (tertiary/aromatic N) is 2. The van der Waals surface area contributed by atoms with Gasteiger partial charge in [-0.15, -0.1) is 0 Å². The molecule has 5 aromatic rings. The zero-order valence-electron chi connectivity index (χ0n) is 26.8. The predicted octanol–water partition coefficient (Wildman–Crippen LogP) is 8.78. The Morgan fingerprint density at radius 3 is 1.98 bits per heavy atom. The third kappa shape index (κ3) is 5.52. The maximum Gasteiger partial charge on any atom is 0.198 e. The summed E-state index contributed by atoms with van der Waals surface area (Å²) < 4.78 is 6.47. The number of aromatic hydroxyl groups is 1. The fourth-order valence-electron chi connectivity index (χ4n) is 7.55. The maximum atomic E-state index is 12.4. The van der Waals surface area contributed by atoms with Crippen molar-refractivity contribution in [3.63, 3.8) is 0 Å². The number of aliphatic imine (C=N–C) groups is 1. The first-order valence-electron chi connectivity index (χ1n) is 16.6. The zero-order valence-corrected chi connectivity index (χ0v) is 26.8. The highest BCUT2D eigenvalue weighted by atomic mass is 16.5. The number of ether oxygens (including phenoxy) is 1. The molecule has 1 heterocycles. The summed E-state index contributed by atoms with van der Waals surface area (Å²) in [6, 6.07) is 44.8. The second kappa shape index (κ2) is 13.0. The van der Waals surface area contributed by atoms with Crippen LogP contribution in [0.4, 0.5) is 0 Å². The van der Waals surface area contributed by atoms with Gasteiger partial charge in [0.05, 0.1) is 12.0 Å². The highest BCUT2D eigenvalue weighted by Gasteiger charge is 2.42. The van der Waals surface area contributed by atoms with Crippen molar-refractivity contribution in [1.82, 2.24) is 4.90 Å². The topological polar surface area (TPSA) is 45.1 Å². The summed E-state index contributed by atoms with van der Waals surface area (Å²) in [6.45, 7) is 6.48. The molecular weight excluding hydrogens is 564 g/mol. The molecule has 1 aliphatic heterocycles. The van der Waals surface area contributed by atoms with Crippen molar-refractivity contribution >= 4 is 5.90 Å². The van der Waals surface area contributed by atoms with E-state index in [0.717, 1.165) is 65.1 Å². The van der Waals surface area contributed by atoms with Crippen molar-refractivity contribution < 1.29 is 9.84 Å². The minimum absolute atomic E-state index is 0.0847. The van der Waals surface area contributed by atoms with Gasteiger partial charge in [-0.1, -0.05) is 146 Å². The second-order valence-corrected chi connectivity index (χ2v) is 12.8. The maximum absolute atomic E-state index is 12.4. The van der Waals surface area contributed by atoms with Gasteiger partial charge in [0.2, 0.25) is 0 Å². The van der Waals surface area contributed by atoms with Crippen LogP contribution in [0.2, 0.25) is 0 Å². The molecule has 4 heteroatoms. The van der Waals surface area contributed by atoms with Crippen molar-refractivity contribution in [1.29, 1.82) is 0 Å². The molecule has 46 heavy (non-hydrogen) atoms. The number of phenolic OH excluding ortho intramolecular Hbond substituents is 1. The molecule has 2 aliphatic rings. The fourth-order valence-corrected chi connectivity index (χ4v) is 7.55. The summed E-state index contributed by atoms with van der Waals surface area (Å²) in [5.41, 5.74) is 8.19. The SMILES string of the molecule is CCCCN(CC1=N[C@@H]2c3ccccc3C[C@@H]2O1)Cc1cc(C)cc(C(c2ccccc2)(c2ccccc2)c2ccccc2)c1O. The van der Waals surface area contributed by atoms with E-state index >= 15 is 0 Å². The van der Waals surface area contributed by atoms with E-state index in [9.17, 15) is 5.11 Å². The first kappa shape index (κ1) is 30.0. The monoisotopic (exact) mass is 606 g/mol. The van der Waals surface area contributed by atoms with Gasteiger partial charge in [0.25, 0.3) is 0 Å². The van der Waals surface area contributed by atoms with Crippen LogP contribution in [0.25, 0.3) is 0 Å². The third-order valence-electron chi connectivity index (χ3n) is 9.66. The summed E-state index contributed by atoms with van der Waals surface area (Å²) in [5.74, 6) is 1.14. The molecule has 0 bridgehead atoms. The summed E-state index contributed by atoms with van der Waals surface area (Å²) in [5, 5.41) is 12.4. The Bertz CT molecular complexity index is 1720. The van der Waals surface area contributed by atoms with E-state index in [-0.39, 0.29) is 12.1 Å². The summed E-state index contributed by atoms with van der Waals surface area (Å²) in [4.78, 5) is 7.48. The molecule has 0 spiro atoms. The van der Waals surface area contributed by atoms with Crippen molar-refractivity contribution in [2.45, 2.75) is 57.2 Å². The van der Waals surface area contributed by atoms with Crippen LogP contribution in [0, 0.1) is 6.92 Å². The predicted molar refractivity (Wildman–Crippen MR) is 187 cm³/mol. The average Bonchev–Trinajstić information content (AvgIpc) is 3.65. The van der Waals surface area contributed by atoms with Crippen molar-refractivity contribution in [3.8, 4) is 5.75 Å². The van der Waals surface area contributed by atoms with Gasteiger partial charge in [-0.05, 0) is 47.7 Å². The molecule has 7 rings (SSSR count). The van der Waals surface area contributed by atoms with Crippen LogP contribution >= 0.6 is 0 Å². The van der Waals surface area contributed by atoms with Gasteiger partial charge in [0, 0.05) is 24.1 Å². The first-order chi connectivity index (χ1) is 22.6. The van der Waals surface area contributed by atoms with E-state index < -0.39 is 5.41 Å². The molecule has 1 N–H and O–H groups in total. The van der Waals surface area contributed by atoms with Gasteiger partial charge < -0.3 is 9.84 Å². The highest BCUT2D eigenvalue weighted by Crippen LogP contribution is 2.49. The Morgan fingerprint density at radius 1 is 0.783 bits per heavy atom. The molecule has 0 amide bonds. The second-order valence-electron chi connectivity index (χ2n) is 12.8. The largest absolute Gasteiger partial charge is 0.507 e. The number of phenols is 1. The van der Waals surface area contributed by atoms with Gasteiger partial charge in [-0.3, -0.25) is 4.90 Å². The number of rotatable bonds is 11. The normalized spacial score (nSPS) is 17.0. The molecule has 5 aromatic carbocycles. The number of hydrogen-bond donors (Lipinski definition) is 1. The summed E-state index contributed by atoms with van der Waals surface area (Å²) >= 11 is 0. The van der Waals surface area contributed by atoms with Crippen molar-refractivity contribution in [2.24, 2.45) is 4.99 Å². The fraction of sp³-hybridized carbons (Fsp3) is 0.262. The van der Waals surface area contributed by atoms with Gasteiger partial charge in [0.15, 0.2) is 5.90 Å². The number of aryl methyl sites for hydroxylation is 1. The zero-order chi connectivity index (χ0) is 31.5. The Hall–Kier alpha value is -4.67. The Labute approximate surface area is 273 Å². The van der Waals surface area contributed by atoms with Crippen LogP contribution in [0.5, 0.6) is 5.75 Å². The lowest BCUT2D eigenvalue weighted by molar-refractivity contribution is 0.187. The van der Waals surface area contributed by atoms with Gasteiger partial charge in [-0.2, -0.15) is 0 Å². The van der Waals surface area contributed by atoms with E-state index in [0.29, 0.717) is 18.8 Å². The first-order valence-corrected chi connectivity index (χ1v) is 16.6. The molecule has 0 aromatic heterocycles. The van der Waals surface area contributed by atoms with Gasteiger partial charge in [-0.25, -0.2) is 4.99 Å². The third-order valence-corrected chi connectivity index (χ3v) is 9.66. The molecule has 0 saturated heterocycles. The summed E-state index contributed by atoms with van der Waals surface area (Å²) in [7, 11) is 0. The molecule has 0 radical (unpaired) electrons. The van der Waals surface area contributed by atoms with Crippen LogP contribution in [-0.4, -0.2) is 35.1 Å². The smallest absolute Gasteiger partial charge is 0.198 e. The van der Waals surface area contributed by atoms with E-state index in [2.05, 4.69) is 146 Å². The van der Waals surface area contributed by atoms with Gasteiger partial charge in [0.1, 0.15) is 17.9 Å². The Kier molecular flexibility index (Phi) is 8.47. The molecule has 232 valence electrons. The van der Waals surface area contributed by atoms with Crippen molar-refractivity contribution in [3.05, 3.63) is 172 Å². The lowest BCUT2D eigenvalue weighted by Crippen LogP contribution is -2.33. The molecule has 0 fully saturated rings. The van der Waals surface area contributed by atoms with Crippen LogP contribution in [0.1, 0.15) is 70.3 Å². The molecule has 2 atom stereocenters. The molecule has 1 aliphatic carbocycles. The van der Waals surface area contributed by atoms with E-state index in [1.54, 1.807) is 0 Å². The van der Waals surface area contributed by atoms with E-state index in [4.69, 9.17) is 9.73 Å². The van der Waals surface area contributed by atoms with E-state index in [1.807, 2.05) is 0 Å². The van der Waals surface area contributed by atoms with Crippen LogP contribution < -0.4 is 0 Å². The number of benzene rings is 5. The minimum Gasteiger partial charge on any atom is -0.507 e. The molecule has 4 nitrogen and oxygen atoms in total. The molecule has 0 saturated carbocycles. The summed E-state index contributed by atoms with van der Waals surface area (Å²) in [6.07, 6.45) is 3.14. The molecule has 0 unspecified atom stereocenters. The number of fused-ring (bicyclic) bond motifs is 3. The highest BCUT2D eigenvalue weighted by molar-refractivity contribution is 5.81. The lowest BCUT2D eigenvalue weighted by atomic mass is 9.64. The average molecular weight is 607 g/mol. The Morgan fingerprint density at radius 2 is 1.37 bits per heavy atom. The molecular formula is C42H42N2O2. The van der Waals surface area contributed by atoms with Crippen LogP contribution in [-0.2, 0) is 23.1 Å². The minimum atomic E-state index is -0.716. The van der Waals surface area contributed by atoms with E-state index in [1.165, 1.54) is 11.1 Å².